The minimum Gasteiger partial charge on any atom is -0.353 e. The average Bonchev–Trinajstić information content (AvgIpc) is 3.37. The average molecular weight is 431 g/mol. The molecule has 0 saturated carbocycles. The monoisotopic (exact) mass is 430 g/mol. The van der Waals surface area contributed by atoms with Crippen LogP contribution in [0.3, 0.4) is 0 Å². The summed E-state index contributed by atoms with van der Waals surface area (Å²) in [4.78, 5) is 15.7. The van der Waals surface area contributed by atoms with Crippen LogP contribution in [0.15, 0.2) is 52.3 Å². The predicted octanol–water partition coefficient (Wildman–Crippen LogP) is 3.84. The number of carbonyl (C=O) groups is 1. The topological polar surface area (TPSA) is 61.0 Å². The summed E-state index contributed by atoms with van der Waals surface area (Å²) < 4.78 is 1.02. The third-order valence-corrected chi connectivity index (χ3v) is 5.94. The van der Waals surface area contributed by atoms with Gasteiger partial charge >= 0.3 is 0 Å². The van der Waals surface area contributed by atoms with Gasteiger partial charge in [-0.1, -0.05) is 34.1 Å². The van der Waals surface area contributed by atoms with E-state index in [1.807, 2.05) is 30.3 Å². The van der Waals surface area contributed by atoms with Crippen LogP contribution in [-0.2, 0) is 11.2 Å². The van der Waals surface area contributed by atoms with Crippen LogP contribution in [0.1, 0.15) is 12.0 Å². The molecule has 4 rings (SSSR count). The maximum Gasteiger partial charge on any atom is 0.224 e. The number of aromatic nitrogens is 2. The molecule has 7 heteroatoms. The zero-order chi connectivity index (χ0) is 17.9. The summed E-state index contributed by atoms with van der Waals surface area (Å²) in [6.07, 6.45) is 1.35. The number of hydrogen-bond donors (Lipinski definition) is 2. The smallest absolute Gasteiger partial charge is 0.224 e. The second-order valence-electron chi connectivity index (χ2n) is 6.42. The summed E-state index contributed by atoms with van der Waals surface area (Å²) in [5, 5.41) is 12.7. The highest BCUT2D eigenvalue weighted by atomic mass is 79.9. The number of aromatic amines is 1. The van der Waals surface area contributed by atoms with Gasteiger partial charge in [0.05, 0.1) is 17.0 Å². The summed E-state index contributed by atoms with van der Waals surface area (Å²) in [6, 6.07) is 14.2. The maximum absolute atomic E-state index is 12.3. The molecule has 1 fully saturated rings. The zero-order valence-corrected chi connectivity index (χ0v) is 16.5. The van der Waals surface area contributed by atoms with Crippen molar-refractivity contribution in [2.45, 2.75) is 18.9 Å². The van der Waals surface area contributed by atoms with E-state index in [1.165, 1.54) is 4.88 Å². The Hall–Kier alpha value is -2.12. The Balaban J connectivity index is 1.32. The summed E-state index contributed by atoms with van der Waals surface area (Å²) in [5.74, 6) is 1.01. The fourth-order valence-electron chi connectivity index (χ4n) is 3.18. The first-order chi connectivity index (χ1) is 12.7. The van der Waals surface area contributed by atoms with E-state index >= 15 is 0 Å². The SMILES string of the molecule is O=C(Cc1ccc(Br)cc1)N[C@@H]1CCN(c2cc(-c3cccs3)[nH]n2)C1. The molecule has 3 aromatic rings. The molecule has 0 spiro atoms. The molecule has 2 aromatic heterocycles. The Morgan fingerprint density at radius 1 is 1.35 bits per heavy atom. The number of halogens is 1. The molecule has 1 atom stereocenters. The van der Waals surface area contributed by atoms with Gasteiger partial charge < -0.3 is 10.2 Å². The second-order valence-corrected chi connectivity index (χ2v) is 8.28. The normalized spacial score (nSPS) is 16.8. The van der Waals surface area contributed by atoms with Crippen LogP contribution in [0.25, 0.3) is 10.6 Å². The molecule has 0 unspecified atom stereocenters. The van der Waals surface area contributed by atoms with Gasteiger partial charge in [-0.15, -0.1) is 11.3 Å². The highest BCUT2D eigenvalue weighted by Crippen LogP contribution is 2.27. The first kappa shape index (κ1) is 17.3. The third kappa shape index (κ3) is 3.99. The van der Waals surface area contributed by atoms with Crippen LogP contribution in [0.2, 0.25) is 0 Å². The van der Waals surface area contributed by atoms with E-state index in [0.29, 0.717) is 6.42 Å². The van der Waals surface area contributed by atoms with Gasteiger partial charge in [-0.2, -0.15) is 5.10 Å². The fraction of sp³-hybridized carbons (Fsp3) is 0.263. The van der Waals surface area contributed by atoms with E-state index in [2.05, 4.69) is 53.9 Å². The lowest BCUT2D eigenvalue weighted by molar-refractivity contribution is -0.121. The lowest BCUT2D eigenvalue weighted by Gasteiger charge is -2.16. The van der Waals surface area contributed by atoms with Gasteiger partial charge in [0.25, 0.3) is 0 Å². The minimum absolute atomic E-state index is 0.0699. The number of H-pyrrole nitrogens is 1. The molecule has 1 amide bonds. The second kappa shape index (κ2) is 7.63. The molecule has 0 radical (unpaired) electrons. The lowest BCUT2D eigenvalue weighted by atomic mass is 10.1. The van der Waals surface area contributed by atoms with E-state index in [4.69, 9.17) is 0 Å². The van der Waals surface area contributed by atoms with Crippen molar-refractivity contribution in [1.82, 2.24) is 15.5 Å². The standard InChI is InChI=1S/C19H19BrN4OS/c20-14-5-3-13(4-6-14)10-19(25)21-15-7-8-24(12-15)18-11-16(22-23-18)17-2-1-9-26-17/h1-6,9,11,15H,7-8,10,12H2,(H,21,25)(H,22,23)/t15-/m1/s1. The maximum atomic E-state index is 12.3. The van der Waals surface area contributed by atoms with Crippen molar-refractivity contribution < 1.29 is 4.79 Å². The molecule has 5 nitrogen and oxygen atoms in total. The van der Waals surface area contributed by atoms with E-state index in [0.717, 1.165) is 41.1 Å². The molecule has 2 N–H and O–H groups in total. The number of nitrogens with zero attached hydrogens (tertiary/aromatic N) is 2. The molecule has 3 heterocycles. The number of benzene rings is 1. The van der Waals surface area contributed by atoms with Crippen molar-refractivity contribution in [3.8, 4) is 10.6 Å². The lowest BCUT2D eigenvalue weighted by Crippen LogP contribution is -2.38. The van der Waals surface area contributed by atoms with Crippen LogP contribution >= 0.6 is 27.3 Å². The van der Waals surface area contributed by atoms with Crippen molar-refractivity contribution in [2.75, 3.05) is 18.0 Å². The van der Waals surface area contributed by atoms with Crippen molar-refractivity contribution in [2.24, 2.45) is 0 Å². The van der Waals surface area contributed by atoms with Crippen molar-refractivity contribution in [3.63, 3.8) is 0 Å². The molecular formula is C19H19BrN4OS. The summed E-state index contributed by atoms with van der Waals surface area (Å²) >= 11 is 5.10. The van der Waals surface area contributed by atoms with Gasteiger partial charge in [-0.3, -0.25) is 9.89 Å². The fourth-order valence-corrected chi connectivity index (χ4v) is 4.14. The van der Waals surface area contributed by atoms with E-state index < -0.39 is 0 Å². The number of rotatable bonds is 5. The van der Waals surface area contributed by atoms with Gasteiger partial charge in [0.2, 0.25) is 5.91 Å². The van der Waals surface area contributed by atoms with E-state index in [1.54, 1.807) is 11.3 Å². The number of hydrogen-bond acceptors (Lipinski definition) is 4. The quantitative estimate of drug-likeness (QED) is 0.646. The first-order valence-corrected chi connectivity index (χ1v) is 10.2. The molecule has 1 aromatic carbocycles. The van der Waals surface area contributed by atoms with Crippen molar-refractivity contribution in [3.05, 3.63) is 57.9 Å². The molecular weight excluding hydrogens is 412 g/mol. The van der Waals surface area contributed by atoms with Crippen LogP contribution in [0, 0.1) is 0 Å². The molecule has 134 valence electrons. The van der Waals surface area contributed by atoms with Gasteiger partial charge in [0.15, 0.2) is 5.82 Å². The van der Waals surface area contributed by atoms with E-state index in [9.17, 15) is 4.79 Å². The van der Waals surface area contributed by atoms with Crippen LogP contribution in [0.4, 0.5) is 5.82 Å². The van der Waals surface area contributed by atoms with Gasteiger partial charge in [-0.25, -0.2) is 0 Å². The van der Waals surface area contributed by atoms with Crippen LogP contribution in [-0.4, -0.2) is 35.2 Å². The Kier molecular flexibility index (Phi) is 5.08. The van der Waals surface area contributed by atoms with Gasteiger partial charge in [0.1, 0.15) is 0 Å². The highest BCUT2D eigenvalue weighted by molar-refractivity contribution is 9.10. The Morgan fingerprint density at radius 2 is 2.19 bits per heavy atom. The highest BCUT2D eigenvalue weighted by Gasteiger charge is 2.25. The predicted molar refractivity (Wildman–Crippen MR) is 109 cm³/mol. The minimum atomic E-state index is 0.0699. The van der Waals surface area contributed by atoms with Crippen molar-refractivity contribution >= 4 is 39.0 Å². The number of nitrogens with one attached hydrogen (secondary N) is 2. The number of thiophene rings is 1. The zero-order valence-electron chi connectivity index (χ0n) is 14.1. The molecule has 1 saturated heterocycles. The Bertz CT molecular complexity index is 875. The Labute approximate surface area is 164 Å². The number of anilines is 1. The summed E-state index contributed by atoms with van der Waals surface area (Å²) in [5.41, 5.74) is 2.06. The number of carbonyl (C=O) groups excluding carboxylic acids is 1. The van der Waals surface area contributed by atoms with Crippen LogP contribution < -0.4 is 10.2 Å². The largest absolute Gasteiger partial charge is 0.353 e. The summed E-state index contributed by atoms with van der Waals surface area (Å²) in [7, 11) is 0. The molecule has 1 aliphatic rings. The molecule has 0 aliphatic carbocycles. The third-order valence-electron chi connectivity index (χ3n) is 4.51. The Morgan fingerprint density at radius 3 is 2.96 bits per heavy atom. The van der Waals surface area contributed by atoms with Gasteiger partial charge in [0, 0.05) is 29.7 Å². The van der Waals surface area contributed by atoms with Crippen molar-refractivity contribution in [1.29, 1.82) is 0 Å². The molecule has 26 heavy (non-hydrogen) atoms. The molecule has 0 bridgehead atoms. The summed E-state index contributed by atoms with van der Waals surface area (Å²) in [6.45, 7) is 1.69. The number of amides is 1. The first-order valence-electron chi connectivity index (χ1n) is 8.55. The van der Waals surface area contributed by atoms with Crippen LogP contribution in [0.5, 0.6) is 0 Å². The van der Waals surface area contributed by atoms with E-state index in [-0.39, 0.29) is 11.9 Å². The molecule has 1 aliphatic heterocycles. The van der Waals surface area contributed by atoms with Gasteiger partial charge in [-0.05, 0) is 35.6 Å².